The van der Waals surface area contributed by atoms with Gasteiger partial charge in [0.25, 0.3) is 0 Å². The Hall–Kier alpha value is -0.750. The molecule has 0 spiro atoms. The number of thioether (sulfide) groups is 1. The maximum Gasteiger partial charge on any atom is 0.323 e. The van der Waals surface area contributed by atoms with Gasteiger partial charge in [0.05, 0.1) is 7.11 Å². The predicted octanol–water partition coefficient (Wildman–Crippen LogP) is 2.18. The zero-order chi connectivity index (χ0) is 16.7. The number of carbonyl (C=O) groups excluding carboxylic acids is 2. The van der Waals surface area contributed by atoms with Crippen LogP contribution < -0.4 is 5.73 Å². The lowest BCUT2D eigenvalue weighted by Crippen LogP contribution is -2.39. The van der Waals surface area contributed by atoms with Gasteiger partial charge in [0.2, 0.25) is 5.91 Å². The third-order valence-corrected chi connectivity index (χ3v) is 6.21. The Morgan fingerprint density at radius 2 is 1.96 bits per heavy atom. The molecule has 6 heteroatoms. The van der Waals surface area contributed by atoms with Crippen LogP contribution in [-0.4, -0.2) is 54.0 Å². The Morgan fingerprint density at radius 3 is 2.65 bits per heavy atom. The molecule has 0 unspecified atom stereocenters. The first-order chi connectivity index (χ1) is 11.1. The SMILES string of the molecule is COC(=O)[C@@H](N)CSC[C@@H]1CCCN1C(=O)CC1CCCCC1. The van der Waals surface area contributed by atoms with Crippen LogP contribution in [0.25, 0.3) is 0 Å². The summed E-state index contributed by atoms with van der Waals surface area (Å²) < 4.78 is 4.64. The molecule has 0 bridgehead atoms. The van der Waals surface area contributed by atoms with Gasteiger partial charge in [-0.1, -0.05) is 19.3 Å². The van der Waals surface area contributed by atoms with E-state index in [1.807, 2.05) is 0 Å². The molecule has 0 aromatic heterocycles. The number of carbonyl (C=O) groups is 2. The fourth-order valence-corrected chi connectivity index (χ4v) is 4.79. The van der Waals surface area contributed by atoms with Crippen molar-refractivity contribution in [2.24, 2.45) is 11.7 Å². The Labute approximate surface area is 143 Å². The third-order valence-electron chi connectivity index (χ3n) is 5.00. The van der Waals surface area contributed by atoms with E-state index in [0.717, 1.165) is 31.6 Å². The second-order valence-electron chi connectivity index (χ2n) is 6.76. The average Bonchev–Trinajstić information content (AvgIpc) is 3.03. The average molecular weight is 343 g/mol. The number of hydrogen-bond acceptors (Lipinski definition) is 5. The smallest absolute Gasteiger partial charge is 0.323 e. The minimum Gasteiger partial charge on any atom is -0.468 e. The summed E-state index contributed by atoms with van der Waals surface area (Å²) >= 11 is 1.65. The highest BCUT2D eigenvalue weighted by Crippen LogP contribution is 2.29. The molecule has 1 aliphatic carbocycles. The molecular weight excluding hydrogens is 312 g/mol. The lowest BCUT2D eigenvalue weighted by molar-refractivity contribution is -0.141. The minimum absolute atomic E-state index is 0.306. The van der Waals surface area contributed by atoms with Crippen LogP contribution in [0, 0.1) is 5.92 Å². The van der Waals surface area contributed by atoms with Gasteiger partial charge < -0.3 is 15.4 Å². The van der Waals surface area contributed by atoms with E-state index in [2.05, 4.69) is 9.64 Å². The van der Waals surface area contributed by atoms with Gasteiger partial charge in [-0.3, -0.25) is 9.59 Å². The molecule has 1 aliphatic heterocycles. The number of amides is 1. The van der Waals surface area contributed by atoms with E-state index in [1.165, 1.54) is 39.2 Å². The Morgan fingerprint density at radius 1 is 1.22 bits per heavy atom. The Kier molecular flexibility index (Phi) is 7.70. The molecule has 1 saturated heterocycles. The maximum atomic E-state index is 12.6. The summed E-state index contributed by atoms with van der Waals surface area (Å²) in [6, 6.07) is -0.265. The lowest BCUT2D eigenvalue weighted by atomic mass is 9.86. The van der Waals surface area contributed by atoms with Crippen LogP contribution >= 0.6 is 11.8 Å². The Bertz CT molecular complexity index is 399. The highest BCUT2D eigenvalue weighted by molar-refractivity contribution is 7.99. The molecule has 2 fully saturated rings. The van der Waals surface area contributed by atoms with E-state index in [9.17, 15) is 9.59 Å². The monoisotopic (exact) mass is 342 g/mol. The van der Waals surface area contributed by atoms with Crippen molar-refractivity contribution in [2.75, 3.05) is 25.2 Å². The number of ether oxygens (including phenoxy) is 1. The molecule has 2 atom stereocenters. The quantitative estimate of drug-likeness (QED) is 0.718. The second-order valence-corrected chi connectivity index (χ2v) is 7.83. The number of esters is 1. The number of methoxy groups -OCH3 is 1. The van der Waals surface area contributed by atoms with Crippen LogP contribution in [-0.2, 0) is 14.3 Å². The third kappa shape index (κ3) is 5.68. The molecule has 0 aromatic rings. The standard InChI is InChI=1S/C17H30N2O3S/c1-22-17(21)15(18)12-23-11-14-8-5-9-19(14)16(20)10-13-6-3-2-4-7-13/h13-15H,2-12,18H2,1H3/t14-,15-/m0/s1. The molecule has 0 radical (unpaired) electrons. The second kappa shape index (κ2) is 9.52. The summed E-state index contributed by atoms with van der Waals surface area (Å²) in [4.78, 5) is 26.0. The molecule has 2 aliphatic rings. The summed E-state index contributed by atoms with van der Waals surface area (Å²) in [5.41, 5.74) is 5.75. The molecule has 2 rings (SSSR count). The van der Waals surface area contributed by atoms with E-state index in [0.29, 0.717) is 23.6 Å². The number of likely N-dealkylation sites (tertiary alicyclic amines) is 1. The number of nitrogens with two attached hydrogens (primary N) is 1. The van der Waals surface area contributed by atoms with E-state index in [4.69, 9.17) is 5.73 Å². The van der Waals surface area contributed by atoms with E-state index in [-0.39, 0.29) is 5.97 Å². The molecule has 23 heavy (non-hydrogen) atoms. The van der Waals surface area contributed by atoms with Crippen molar-refractivity contribution in [3.8, 4) is 0 Å². The Balaban J connectivity index is 1.73. The van der Waals surface area contributed by atoms with Crippen molar-refractivity contribution in [3.63, 3.8) is 0 Å². The normalized spacial score (nSPS) is 23.7. The summed E-state index contributed by atoms with van der Waals surface area (Å²) in [7, 11) is 1.36. The van der Waals surface area contributed by atoms with E-state index < -0.39 is 6.04 Å². The largest absolute Gasteiger partial charge is 0.468 e. The fraction of sp³-hybridized carbons (Fsp3) is 0.882. The number of nitrogens with zero attached hydrogens (tertiary/aromatic N) is 1. The molecule has 1 amide bonds. The van der Waals surface area contributed by atoms with Crippen LogP contribution in [0.1, 0.15) is 51.4 Å². The maximum absolute atomic E-state index is 12.6. The molecular formula is C17H30N2O3S. The van der Waals surface area contributed by atoms with Crippen LogP contribution in [0.3, 0.4) is 0 Å². The first-order valence-electron chi connectivity index (χ1n) is 8.82. The fourth-order valence-electron chi connectivity index (χ4n) is 3.64. The van der Waals surface area contributed by atoms with Gasteiger partial charge in [0, 0.05) is 30.5 Å². The van der Waals surface area contributed by atoms with Gasteiger partial charge in [-0.2, -0.15) is 11.8 Å². The van der Waals surface area contributed by atoms with Crippen LogP contribution in [0.2, 0.25) is 0 Å². The zero-order valence-corrected chi connectivity index (χ0v) is 15.0. The van der Waals surface area contributed by atoms with Crippen molar-refractivity contribution in [1.29, 1.82) is 0 Å². The van der Waals surface area contributed by atoms with Gasteiger partial charge in [-0.25, -0.2) is 0 Å². The van der Waals surface area contributed by atoms with Crippen molar-refractivity contribution >= 4 is 23.6 Å². The van der Waals surface area contributed by atoms with Crippen molar-refractivity contribution in [2.45, 2.75) is 63.5 Å². The summed E-state index contributed by atoms with van der Waals surface area (Å²) in [5.74, 6) is 1.97. The first-order valence-corrected chi connectivity index (χ1v) is 9.98. The van der Waals surface area contributed by atoms with Crippen molar-refractivity contribution in [3.05, 3.63) is 0 Å². The summed E-state index contributed by atoms with van der Waals surface area (Å²) in [5, 5.41) is 0. The predicted molar refractivity (Wildman–Crippen MR) is 93.2 cm³/mol. The summed E-state index contributed by atoms with van der Waals surface area (Å²) in [6.07, 6.45) is 9.20. The molecule has 1 saturated carbocycles. The van der Waals surface area contributed by atoms with Crippen LogP contribution in [0.15, 0.2) is 0 Å². The molecule has 0 aromatic carbocycles. The highest BCUT2D eigenvalue weighted by atomic mass is 32.2. The van der Waals surface area contributed by atoms with Crippen LogP contribution in [0.4, 0.5) is 0 Å². The molecule has 1 heterocycles. The highest BCUT2D eigenvalue weighted by Gasteiger charge is 2.30. The van der Waals surface area contributed by atoms with Gasteiger partial charge in [-0.05, 0) is 31.6 Å². The topological polar surface area (TPSA) is 72.6 Å². The van der Waals surface area contributed by atoms with Crippen molar-refractivity contribution < 1.29 is 14.3 Å². The summed E-state index contributed by atoms with van der Waals surface area (Å²) in [6.45, 7) is 0.889. The number of rotatable bonds is 7. The van der Waals surface area contributed by atoms with Crippen molar-refractivity contribution in [1.82, 2.24) is 4.90 Å². The van der Waals surface area contributed by atoms with E-state index >= 15 is 0 Å². The van der Waals surface area contributed by atoms with Gasteiger partial charge in [0.1, 0.15) is 6.04 Å². The van der Waals surface area contributed by atoms with Gasteiger partial charge in [-0.15, -0.1) is 0 Å². The van der Waals surface area contributed by atoms with E-state index in [1.54, 1.807) is 11.8 Å². The molecule has 5 nitrogen and oxygen atoms in total. The molecule has 132 valence electrons. The lowest BCUT2D eigenvalue weighted by Gasteiger charge is -2.28. The number of hydrogen-bond donors (Lipinski definition) is 1. The van der Waals surface area contributed by atoms with Gasteiger partial charge in [0.15, 0.2) is 0 Å². The zero-order valence-electron chi connectivity index (χ0n) is 14.2. The minimum atomic E-state index is -0.571. The van der Waals surface area contributed by atoms with Crippen LogP contribution in [0.5, 0.6) is 0 Å². The first kappa shape index (κ1) is 18.6. The molecule has 2 N–H and O–H groups in total. The van der Waals surface area contributed by atoms with Gasteiger partial charge >= 0.3 is 5.97 Å².